The second-order valence-electron chi connectivity index (χ2n) is 8.56. The third-order valence-electron chi connectivity index (χ3n) is 6.48. The van der Waals surface area contributed by atoms with Crippen LogP contribution in [0.5, 0.6) is 0 Å². The minimum absolute atomic E-state index is 0.106. The lowest BCUT2D eigenvalue weighted by Gasteiger charge is -2.38. The number of piperazine rings is 1. The molecule has 0 unspecified atom stereocenters. The molecule has 0 radical (unpaired) electrons. The predicted molar refractivity (Wildman–Crippen MR) is 118 cm³/mol. The highest BCUT2D eigenvalue weighted by Gasteiger charge is 2.30. The van der Waals surface area contributed by atoms with Gasteiger partial charge < -0.3 is 19.4 Å². The number of nitrogens with zero attached hydrogens (tertiary/aromatic N) is 4. The first-order valence-corrected chi connectivity index (χ1v) is 11.8. The summed E-state index contributed by atoms with van der Waals surface area (Å²) in [6, 6.07) is 4.28. The lowest BCUT2D eigenvalue weighted by atomic mass is 9.94. The van der Waals surface area contributed by atoms with Crippen LogP contribution in [0.25, 0.3) is 21.7 Å². The second kappa shape index (κ2) is 8.12. The van der Waals surface area contributed by atoms with Crippen LogP contribution >= 0.6 is 11.3 Å². The van der Waals surface area contributed by atoms with Crippen LogP contribution in [0, 0.1) is 0 Å². The largest absolute Gasteiger partial charge is 0.375 e. The Hall–Kier alpha value is -2.07. The fraction of sp³-hybridized carbons (Fsp3) is 0.545. The van der Waals surface area contributed by atoms with Gasteiger partial charge in [0, 0.05) is 62.7 Å². The van der Waals surface area contributed by atoms with E-state index >= 15 is 0 Å². The zero-order chi connectivity index (χ0) is 20.8. The summed E-state index contributed by atoms with van der Waals surface area (Å²) >= 11 is 1.71. The highest BCUT2D eigenvalue weighted by molar-refractivity contribution is 7.15. The summed E-state index contributed by atoms with van der Waals surface area (Å²) < 4.78 is 24.3. The van der Waals surface area contributed by atoms with Gasteiger partial charge in [0.25, 0.3) is 0 Å². The number of alkyl halides is 1. The van der Waals surface area contributed by atoms with E-state index in [1.165, 1.54) is 16.3 Å². The number of thiazole rings is 1. The normalized spacial score (nSPS) is 24.4. The minimum Gasteiger partial charge on any atom is -0.375 e. The van der Waals surface area contributed by atoms with Gasteiger partial charge in [0.2, 0.25) is 0 Å². The van der Waals surface area contributed by atoms with E-state index in [2.05, 4.69) is 31.9 Å². The van der Waals surface area contributed by atoms with Crippen LogP contribution in [-0.2, 0) is 22.5 Å². The van der Waals surface area contributed by atoms with Crippen LogP contribution in [0.15, 0.2) is 18.3 Å². The van der Waals surface area contributed by atoms with Crippen LogP contribution in [-0.4, -0.2) is 71.6 Å². The van der Waals surface area contributed by atoms with Crippen molar-refractivity contribution in [3.8, 4) is 10.7 Å². The molecule has 1 saturated heterocycles. The van der Waals surface area contributed by atoms with E-state index in [9.17, 15) is 4.39 Å². The van der Waals surface area contributed by atoms with Gasteiger partial charge in [-0.05, 0) is 12.1 Å². The molecule has 1 aliphatic carbocycles. The highest BCUT2D eigenvalue weighted by atomic mass is 32.1. The van der Waals surface area contributed by atoms with Crippen molar-refractivity contribution in [1.82, 2.24) is 19.9 Å². The van der Waals surface area contributed by atoms with Gasteiger partial charge in [-0.1, -0.05) is 0 Å². The maximum absolute atomic E-state index is 13.0. The first kappa shape index (κ1) is 19.6. The molecule has 0 bridgehead atoms. The van der Waals surface area contributed by atoms with E-state index in [4.69, 9.17) is 14.5 Å². The van der Waals surface area contributed by atoms with Crippen molar-refractivity contribution in [2.45, 2.75) is 38.1 Å². The van der Waals surface area contributed by atoms with Gasteiger partial charge >= 0.3 is 0 Å². The number of hydrogen-bond acceptors (Lipinski definition) is 7. The molecule has 0 amide bonds. The number of halogens is 1. The van der Waals surface area contributed by atoms with Gasteiger partial charge in [-0.15, -0.1) is 11.3 Å². The molecule has 3 aromatic rings. The molecule has 2 aliphatic heterocycles. The molecule has 0 atom stereocenters. The molecule has 5 heterocycles. The van der Waals surface area contributed by atoms with E-state index in [1.807, 2.05) is 6.20 Å². The molecule has 0 aromatic carbocycles. The van der Waals surface area contributed by atoms with E-state index < -0.39 is 6.17 Å². The second-order valence-corrected chi connectivity index (χ2v) is 9.64. The van der Waals surface area contributed by atoms with Crippen molar-refractivity contribution in [3.63, 3.8) is 0 Å². The molecule has 3 aromatic heterocycles. The molecule has 3 aliphatic rings. The molecule has 2 fully saturated rings. The molecule has 9 heteroatoms. The SMILES string of the molecule is FC1CC(OCN2CCN(c3ccnc4[nH]c(-c5nc6c(s5)COCC6)cc34)CC2)C1. The number of aromatic nitrogens is 3. The van der Waals surface area contributed by atoms with Crippen LogP contribution in [0.4, 0.5) is 10.1 Å². The Bertz CT molecular complexity index is 1050. The first-order chi connectivity index (χ1) is 15.2. The summed E-state index contributed by atoms with van der Waals surface area (Å²) in [4.78, 5) is 18.8. The summed E-state index contributed by atoms with van der Waals surface area (Å²) in [7, 11) is 0. The van der Waals surface area contributed by atoms with E-state index in [0.717, 1.165) is 60.9 Å². The van der Waals surface area contributed by atoms with Crippen molar-refractivity contribution in [2.24, 2.45) is 0 Å². The van der Waals surface area contributed by atoms with E-state index in [1.54, 1.807) is 11.3 Å². The number of rotatable bonds is 5. The Morgan fingerprint density at radius 2 is 2.13 bits per heavy atom. The third-order valence-corrected chi connectivity index (χ3v) is 7.58. The van der Waals surface area contributed by atoms with Crippen LogP contribution < -0.4 is 4.90 Å². The lowest BCUT2D eigenvalue weighted by molar-refractivity contribution is -0.0838. The molecular weight excluding hydrogens is 417 g/mol. The molecule has 1 N–H and O–H groups in total. The van der Waals surface area contributed by atoms with Gasteiger partial charge in [0.05, 0.1) is 42.3 Å². The van der Waals surface area contributed by atoms with Gasteiger partial charge in [-0.3, -0.25) is 4.90 Å². The number of H-pyrrole nitrogens is 1. The van der Waals surface area contributed by atoms with Crippen LogP contribution in [0.1, 0.15) is 23.4 Å². The zero-order valence-electron chi connectivity index (χ0n) is 17.3. The lowest BCUT2D eigenvalue weighted by Crippen LogP contribution is -2.48. The van der Waals surface area contributed by atoms with Crippen molar-refractivity contribution < 1.29 is 13.9 Å². The molecule has 31 heavy (non-hydrogen) atoms. The molecule has 164 valence electrons. The number of fused-ring (bicyclic) bond motifs is 2. The minimum atomic E-state index is -0.662. The number of pyridine rings is 1. The van der Waals surface area contributed by atoms with Crippen molar-refractivity contribution in [3.05, 3.63) is 28.9 Å². The number of hydrogen-bond donors (Lipinski definition) is 1. The smallest absolute Gasteiger partial charge is 0.140 e. The van der Waals surface area contributed by atoms with Crippen LogP contribution in [0.3, 0.4) is 0 Å². The summed E-state index contributed by atoms with van der Waals surface area (Å²) in [5.74, 6) is 0. The number of anilines is 1. The molecule has 1 saturated carbocycles. The van der Waals surface area contributed by atoms with E-state index in [0.29, 0.717) is 26.2 Å². The predicted octanol–water partition coefficient (Wildman–Crippen LogP) is 3.36. The maximum atomic E-state index is 13.0. The Balaban J connectivity index is 1.16. The number of ether oxygens (including phenoxy) is 2. The van der Waals surface area contributed by atoms with Gasteiger partial charge in [0.15, 0.2) is 0 Å². The van der Waals surface area contributed by atoms with E-state index in [-0.39, 0.29) is 6.10 Å². The summed E-state index contributed by atoms with van der Waals surface area (Å²) in [6.07, 6.45) is 3.32. The van der Waals surface area contributed by atoms with Crippen molar-refractivity contribution in [1.29, 1.82) is 0 Å². The Labute approximate surface area is 184 Å². The summed E-state index contributed by atoms with van der Waals surface area (Å²) in [6.45, 7) is 5.76. The molecule has 7 nitrogen and oxygen atoms in total. The van der Waals surface area contributed by atoms with Crippen LogP contribution in [0.2, 0.25) is 0 Å². The fourth-order valence-electron chi connectivity index (χ4n) is 4.51. The highest BCUT2D eigenvalue weighted by Crippen LogP contribution is 2.35. The van der Waals surface area contributed by atoms with Gasteiger partial charge in [-0.25, -0.2) is 14.4 Å². The number of aromatic amines is 1. The first-order valence-electron chi connectivity index (χ1n) is 11.0. The van der Waals surface area contributed by atoms with Crippen molar-refractivity contribution in [2.75, 3.05) is 44.4 Å². The standard InChI is InChI=1S/C22H26FN5O2S/c23-14-9-15(10-14)30-13-27-4-6-28(7-5-27)19-1-3-24-21-16(19)11-18(25-21)22-26-17-2-8-29-12-20(17)31-22/h1,3,11,14-15H,2,4-10,12-13H2,(H,24,25). The summed E-state index contributed by atoms with van der Waals surface area (Å²) in [5, 5.41) is 2.14. The number of nitrogens with one attached hydrogen (secondary N) is 1. The fourth-order valence-corrected chi connectivity index (χ4v) is 5.53. The molecular formula is C22H26FN5O2S. The maximum Gasteiger partial charge on any atom is 0.140 e. The zero-order valence-corrected chi connectivity index (χ0v) is 18.2. The van der Waals surface area contributed by atoms with Gasteiger partial charge in [-0.2, -0.15) is 0 Å². The average molecular weight is 444 g/mol. The monoisotopic (exact) mass is 443 g/mol. The topological polar surface area (TPSA) is 66.5 Å². The van der Waals surface area contributed by atoms with Gasteiger partial charge in [0.1, 0.15) is 16.8 Å². The Morgan fingerprint density at radius 1 is 1.26 bits per heavy atom. The molecule has 6 rings (SSSR count). The summed E-state index contributed by atoms with van der Waals surface area (Å²) in [5.41, 5.74) is 4.29. The third kappa shape index (κ3) is 3.84. The Kier molecular flexibility index (Phi) is 5.14. The molecule has 0 spiro atoms. The quantitative estimate of drug-likeness (QED) is 0.652. The Morgan fingerprint density at radius 3 is 2.94 bits per heavy atom. The average Bonchev–Trinajstić information content (AvgIpc) is 3.40. The van der Waals surface area contributed by atoms with Crippen molar-refractivity contribution >= 4 is 28.1 Å².